The number of fused-ring (bicyclic) bond motifs is 1. The maximum atomic E-state index is 14.5. The van der Waals surface area contributed by atoms with Crippen molar-refractivity contribution < 1.29 is 33.5 Å². The van der Waals surface area contributed by atoms with E-state index in [-0.39, 0.29) is 35.2 Å². The number of ketones is 1. The average molecular weight is 692 g/mol. The van der Waals surface area contributed by atoms with Crippen molar-refractivity contribution in [3.8, 4) is 0 Å². The van der Waals surface area contributed by atoms with Gasteiger partial charge in [0, 0.05) is 6.54 Å². The minimum absolute atomic E-state index is 0.00444. The highest BCUT2D eigenvalue weighted by Gasteiger charge is 2.70. The fourth-order valence-electron chi connectivity index (χ4n) is 9.21. The molecule has 1 aromatic rings. The Kier molecular flexibility index (Phi) is 9.31. The normalized spacial score (nSPS) is 26.5. The number of urea groups is 1. The molecule has 272 valence electrons. The molecule has 1 spiro atoms. The van der Waals surface area contributed by atoms with E-state index in [9.17, 15) is 28.8 Å². The van der Waals surface area contributed by atoms with E-state index < -0.39 is 64.6 Å². The lowest BCUT2D eigenvalue weighted by molar-refractivity contribution is -0.164. The number of nitrogens with zero attached hydrogens (tertiary/aromatic N) is 1. The van der Waals surface area contributed by atoms with Gasteiger partial charge in [0.15, 0.2) is 0 Å². The van der Waals surface area contributed by atoms with Gasteiger partial charge in [-0.25, -0.2) is 9.59 Å². The third-order valence-electron chi connectivity index (χ3n) is 12.3. The predicted molar refractivity (Wildman–Crippen MR) is 184 cm³/mol. The van der Waals surface area contributed by atoms with E-state index in [1.807, 2.05) is 51.1 Å². The summed E-state index contributed by atoms with van der Waals surface area (Å²) in [5, 5.41) is 8.62. The molecule has 5 N–H and O–H groups in total. The van der Waals surface area contributed by atoms with Gasteiger partial charge in [0.2, 0.25) is 17.6 Å². The van der Waals surface area contributed by atoms with Gasteiger partial charge < -0.3 is 31.3 Å². The molecule has 1 aliphatic heterocycles. The number of ether oxygens (including phenoxy) is 1. The smallest absolute Gasteiger partial charge is 0.332 e. The molecule has 5 aliphatic rings. The number of benzene rings is 1. The summed E-state index contributed by atoms with van der Waals surface area (Å²) in [6.45, 7) is 10.0. The molecule has 1 heterocycles. The van der Waals surface area contributed by atoms with Gasteiger partial charge in [-0.1, -0.05) is 90.6 Å². The monoisotopic (exact) mass is 691 g/mol. The van der Waals surface area contributed by atoms with Gasteiger partial charge in [-0.05, 0) is 71.7 Å². The number of primary amides is 1. The maximum absolute atomic E-state index is 14.5. The molecule has 1 saturated heterocycles. The summed E-state index contributed by atoms with van der Waals surface area (Å²) < 4.78 is 5.75. The Morgan fingerprint density at radius 1 is 0.980 bits per heavy atom. The van der Waals surface area contributed by atoms with Crippen molar-refractivity contribution in [2.24, 2.45) is 39.7 Å². The van der Waals surface area contributed by atoms with Crippen LogP contribution in [0.5, 0.6) is 0 Å². The number of nitrogens with one attached hydrogen (secondary N) is 3. The summed E-state index contributed by atoms with van der Waals surface area (Å²) in [5.74, 6) is -3.20. The number of piperidine rings is 1. The van der Waals surface area contributed by atoms with Gasteiger partial charge in [0.1, 0.15) is 24.2 Å². The number of hydrogen-bond acceptors (Lipinski definition) is 7. The Hall–Kier alpha value is -3.96. The second kappa shape index (κ2) is 13.0. The zero-order chi connectivity index (χ0) is 36.2. The summed E-state index contributed by atoms with van der Waals surface area (Å²) in [6, 6.07) is 5.77. The van der Waals surface area contributed by atoms with Crippen LogP contribution in [0.3, 0.4) is 0 Å². The van der Waals surface area contributed by atoms with Crippen molar-refractivity contribution >= 4 is 35.5 Å². The van der Waals surface area contributed by atoms with Crippen LogP contribution in [0.2, 0.25) is 0 Å². The van der Waals surface area contributed by atoms with E-state index in [4.69, 9.17) is 10.5 Å². The summed E-state index contributed by atoms with van der Waals surface area (Å²) in [7, 11) is 0. The standard InChI is InChI=1S/C38H53N5O7/c1-35(2,3)29(41-34(49)42-38(20-37(21-38)15-9-10-16-37)33(48)50-19-23-11-7-6-8-12-23)32(47)43-18-24-26(36(24,4)5)27(43)31(46)40-25(17-22-13-14-22)28(44)30(39)45/h6-8,11-12,22,24-27,29H,9-10,13-21H2,1-5H3,(H2,39,45)(H,40,46)(H2,41,42,49)/t24-,25?,26?,27-,29+/m0/s1. The number of amides is 5. The second-order valence-corrected chi connectivity index (χ2v) is 17.5. The number of hydrogen-bond donors (Lipinski definition) is 4. The Morgan fingerprint density at radius 2 is 1.62 bits per heavy atom. The molecule has 1 aromatic carbocycles. The van der Waals surface area contributed by atoms with Crippen molar-refractivity contribution in [1.29, 1.82) is 0 Å². The van der Waals surface area contributed by atoms with E-state index in [1.54, 1.807) is 0 Å². The SMILES string of the molecule is CC(C)(C)[C@H](NC(=O)NC1(C(=O)OCc2ccccc2)CC2(CCCC2)C1)C(=O)N1C[C@H]2C([C@H]1C(=O)NC(CC1CC1)C(=O)C(N)=O)C2(C)C. The van der Waals surface area contributed by atoms with Crippen molar-refractivity contribution in [1.82, 2.24) is 20.9 Å². The minimum Gasteiger partial charge on any atom is -0.459 e. The lowest BCUT2D eigenvalue weighted by atomic mass is 9.56. The number of rotatable bonds is 12. The molecule has 0 bridgehead atoms. The molecule has 12 heteroatoms. The van der Waals surface area contributed by atoms with Gasteiger partial charge >= 0.3 is 12.0 Å². The Bertz CT molecular complexity index is 1530. The van der Waals surface area contributed by atoms with Crippen LogP contribution in [0.4, 0.5) is 4.79 Å². The molecule has 0 aromatic heterocycles. The highest BCUT2D eigenvalue weighted by molar-refractivity contribution is 6.37. The molecule has 4 saturated carbocycles. The zero-order valence-corrected chi connectivity index (χ0v) is 30.0. The van der Waals surface area contributed by atoms with Crippen molar-refractivity contribution in [2.45, 2.75) is 123 Å². The van der Waals surface area contributed by atoms with Gasteiger partial charge in [-0.2, -0.15) is 0 Å². The molecule has 6 rings (SSSR count). The molecular weight excluding hydrogens is 638 g/mol. The minimum atomic E-state index is -1.21. The molecule has 50 heavy (non-hydrogen) atoms. The number of carbonyl (C=O) groups excluding carboxylic acids is 6. The Morgan fingerprint density at radius 3 is 2.20 bits per heavy atom. The number of nitrogens with two attached hydrogens (primary N) is 1. The zero-order valence-electron chi connectivity index (χ0n) is 30.0. The molecule has 5 atom stereocenters. The molecule has 0 radical (unpaired) electrons. The highest BCUT2D eigenvalue weighted by Crippen LogP contribution is 2.65. The first-order valence-electron chi connectivity index (χ1n) is 18.2. The Labute approximate surface area is 294 Å². The molecule has 12 nitrogen and oxygen atoms in total. The van der Waals surface area contributed by atoms with Crippen molar-refractivity contribution in [3.05, 3.63) is 35.9 Å². The molecular formula is C38H53N5O7. The lowest BCUT2D eigenvalue weighted by Gasteiger charge is -2.53. The quantitative estimate of drug-likeness (QED) is 0.192. The first-order valence-corrected chi connectivity index (χ1v) is 18.2. The number of carbonyl (C=O) groups is 6. The second-order valence-electron chi connectivity index (χ2n) is 17.5. The average Bonchev–Trinajstić information content (AvgIpc) is 3.77. The van der Waals surface area contributed by atoms with Crippen LogP contribution in [0, 0.1) is 34.0 Å². The van der Waals surface area contributed by atoms with E-state index in [0.29, 0.717) is 25.8 Å². The summed E-state index contributed by atoms with van der Waals surface area (Å²) in [5.41, 5.74) is 3.99. The van der Waals surface area contributed by atoms with Gasteiger partial charge in [-0.3, -0.25) is 19.2 Å². The number of Topliss-reactive ketones (excluding diaryl/α,β-unsaturated/α-hetero) is 1. The van der Waals surface area contributed by atoms with Crippen molar-refractivity contribution in [2.75, 3.05) is 6.54 Å². The molecule has 5 amide bonds. The fourth-order valence-corrected chi connectivity index (χ4v) is 9.21. The summed E-state index contributed by atoms with van der Waals surface area (Å²) in [6.07, 6.45) is 7.29. The van der Waals surface area contributed by atoms with Crippen LogP contribution in [0.15, 0.2) is 30.3 Å². The topological polar surface area (TPSA) is 177 Å². The van der Waals surface area contributed by atoms with Gasteiger partial charge in [-0.15, -0.1) is 0 Å². The Balaban J connectivity index is 1.18. The largest absolute Gasteiger partial charge is 0.459 e. The highest BCUT2D eigenvalue weighted by atomic mass is 16.5. The van der Waals surface area contributed by atoms with Crippen molar-refractivity contribution in [3.63, 3.8) is 0 Å². The van der Waals surface area contributed by atoms with Crippen LogP contribution in [0.1, 0.15) is 98.0 Å². The van der Waals surface area contributed by atoms with Gasteiger partial charge in [0.05, 0.1) is 6.04 Å². The van der Waals surface area contributed by atoms with Crippen LogP contribution < -0.4 is 21.7 Å². The predicted octanol–water partition coefficient (Wildman–Crippen LogP) is 3.36. The van der Waals surface area contributed by atoms with Crippen LogP contribution in [-0.2, 0) is 35.3 Å². The van der Waals surface area contributed by atoms with E-state index >= 15 is 0 Å². The third kappa shape index (κ3) is 6.99. The first-order chi connectivity index (χ1) is 23.5. The van der Waals surface area contributed by atoms with E-state index in [0.717, 1.165) is 44.1 Å². The summed E-state index contributed by atoms with van der Waals surface area (Å²) >= 11 is 0. The number of esters is 1. The molecule has 2 unspecified atom stereocenters. The fraction of sp³-hybridized carbons (Fsp3) is 0.684. The molecule has 4 aliphatic carbocycles. The third-order valence-corrected chi connectivity index (χ3v) is 12.3. The number of likely N-dealkylation sites (tertiary alicyclic amines) is 1. The van der Waals surface area contributed by atoms with E-state index in [1.165, 1.54) is 4.90 Å². The summed E-state index contributed by atoms with van der Waals surface area (Å²) in [4.78, 5) is 81.9. The lowest BCUT2D eigenvalue weighted by Crippen LogP contribution is -2.69. The van der Waals surface area contributed by atoms with E-state index in [2.05, 4.69) is 29.8 Å². The van der Waals surface area contributed by atoms with Crippen LogP contribution in [0.25, 0.3) is 0 Å². The van der Waals surface area contributed by atoms with Crippen LogP contribution >= 0.6 is 0 Å². The molecule has 5 fully saturated rings. The van der Waals surface area contributed by atoms with Crippen LogP contribution in [-0.4, -0.2) is 70.6 Å². The van der Waals surface area contributed by atoms with Gasteiger partial charge in [0.25, 0.3) is 5.91 Å². The first kappa shape index (κ1) is 35.9. The maximum Gasteiger partial charge on any atom is 0.332 e.